The summed E-state index contributed by atoms with van der Waals surface area (Å²) in [6, 6.07) is 17.1. The number of aromatic nitrogens is 2. The highest BCUT2D eigenvalue weighted by molar-refractivity contribution is 5.91. The van der Waals surface area contributed by atoms with Gasteiger partial charge in [0.25, 0.3) is 0 Å². The van der Waals surface area contributed by atoms with E-state index in [1.54, 1.807) is 6.20 Å². The summed E-state index contributed by atoms with van der Waals surface area (Å²) >= 11 is 0. The Labute approximate surface area is 187 Å². The summed E-state index contributed by atoms with van der Waals surface area (Å²) in [5.41, 5.74) is 7.80. The van der Waals surface area contributed by atoms with Gasteiger partial charge in [-0.3, -0.25) is 9.88 Å². The minimum absolute atomic E-state index is 0.529. The average molecular weight is 423 g/mol. The van der Waals surface area contributed by atoms with Crippen molar-refractivity contribution >= 4 is 22.3 Å². The molecule has 3 N–H and O–H groups in total. The number of nitriles is 1. The molecule has 1 fully saturated rings. The summed E-state index contributed by atoms with van der Waals surface area (Å²) in [6.07, 6.45) is 5.40. The van der Waals surface area contributed by atoms with E-state index in [0.29, 0.717) is 5.56 Å². The maximum Gasteiger partial charge on any atom is 0.103 e. The quantitative estimate of drug-likeness (QED) is 0.439. The molecule has 4 aromatic rings. The SMILES string of the molecule is Cc1c(Nc2c(C#N)cncc2-c2ccc(CN3CCNCC3)cc2)ccc2[nH]ccc12. The number of aromatic amines is 1. The van der Waals surface area contributed by atoms with Crippen molar-refractivity contribution in [3.63, 3.8) is 0 Å². The number of piperazine rings is 1. The molecule has 160 valence electrons. The van der Waals surface area contributed by atoms with Crippen LogP contribution in [0.1, 0.15) is 16.7 Å². The van der Waals surface area contributed by atoms with Crippen LogP contribution in [-0.4, -0.2) is 41.0 Å². The Morgan fingerprint density at radius 3 is 2.66 bits per heavy atom. The molecule has 0 saturated carbocycles. The number of aryl methyl sites for hydroxylation is 1. The Morgan fingerprint density at radius 2 is 1.88 bits per heavy atom. The van der Waals surface area contributed by atoms with Gasteiger partial charge in [0, 0.05) is 73.5 Å². The summed E-state index contributed by atoms with van der Waals surface area (Å²) < 4.78 is 0. The van der Waals surface area contributed by atoms with Crippen LogP contribution in [0.4, 0.5) is 11.4 Å². The fourth-order valence-corrected chi connectivity index (χ4v) is 4.37. The molecule has 0 bridgehead atoms. The van der Waals surface area contributed by atoms with Crippen LogP contribution in [0.3, 0.4) is 0 Å². The van der Waals surface area contributed by atoms with Gasteiger partial charge in [-0.15, -0.1) is 0 Å². The van der Waals surface area contributed by atoms with Gasteiger partial charge in [0.2, 0.25) is 0 Å². The number of nitrogens with one attached hydrogen (secondary N) is 3. The van der Waals surface area contributed by atoms with Crippen LogP contribution in [0.15, 0.2) is 61.1 Å². The first-order valence-corrected chi connectivity index (χ1v) is 11.0. The van der Waals surface area contributed by atoms with Gasteiger partial charge >= 0.3 is 0 Å². The van der Waals surface area contributed by atoms with Gasteiger partial charge in [-0.1, -0.05) is 24.3 Å². The van der Waals surface area contributed by atoms with E-state index in [-0.39, 0.29) is 0 Å². The number of H-pyrrole nitrogens is 1. The highest BCUT2D eigenvalue weighted by Crippen LogP contribution is 2.35. The second-order valence-electron chi connectivity index (χ2n) is 8.25. The van der Waals surface area contributed by atoms with Crippen LogP contribution in [0, 0.1) is 18.3 Å². The van der Waals surface area contributed by atoms with E-state index in [9.17, 15) is 5.26 Å². The molecule has 3 heterocycles. The lowest BCUT2D eigenvalue weighted by atomic mass is 10.0. The van der Waals surface area contributed by atoms with Crippen LogP contribution in [0.2, 0.25) is 0 Å². The van der Waals surface area contributed by atoms with Crippen LogP contribution in [0.25, 0.3) is 22.0 Å². The van der Waals surface area contributed by atoms with Crippen molar-refractivity contribution in [2.24, 2.45) is 0 Å². The average Bonchev–Trinajstić information content (AvgIpc) is 3.32. The summed E-state index contributed by atoms with van der Waals surface area (Å²) in [7, 11) is 0. The zero-order valence-electron chi connectivity index (χ0n) is 18.2. The second kappa shape index (κ2) is 8.83. The molecule has 5 rings (SSSR count). The van der Waals surface area contributed by atoms with E-state index in [4.69, 9.17) is 0 Å². The predicted octanol–water partition coefficient (Wildman–Crippen LogP) is 4.56. The van der Waals surface area contributed by atoms with Crippen LogP contribution >= 0.6 is 0 Å². The van der Waals surface area contributed by atoms with Crippen LogP contribution < -0.4 is 10.6 Å². The maximum atomic E-state index is 9.76. The zero-order valence-corrected chi connectivity index (χ0v) is 18.2. The molecule has 0 atom stereocenters. The van der Waals surface area contributed by atoms with Gasteiger partial charge < -0.3 is 15.6 Å². The van der Waals surface area contributed by atoms with E-state index in [0.717, 1.165) is 66.3 Å². The van der Waals surface area contributed by atoms with E-state index < -0.39 is 0 Å². The van der Waals surface area contributed by atoms with Gasteiger partial charge in [-0.05, 0) is 41.8 Å². The first-order chi connectivity index (χ1) is 15.7. The van der Waals surface area contributed by atoms with Crippen molar-refractivity contribution in [3.05, 3.63) is 77.7 Å². The Kier molecular flexibility index (Phi) is 5.59. The largest absolute Gasteiger partial charge is 0.361 e. The lowest BCUT2D eigenvalue weighted by Crippen LogP contribution is -2.42. The van der Waals surface area contributed by atoms with Gasteiger partial charge in [-0.2, -0.15) is 5.26 Å². The van der Waals surface area contributed by atoms with E-state index >= 15 is 0 Å². The maximum absolute atomic E-state index is 9.76. The molecule has 32 heavy (non-hydrogen) atoms. The third-order valence-electron chi connectivity index (χ3n) is 6.21. The first-order valence-electron chi connectivity index (χ1n) is 11.0. The number of rotatable bonds is 5. The molecule has 0 unspecified atom stereocenters. The fraction of sp³-hybridized carbons (Fsp3) is 0.231. The highest BCUT2D eigenvalue weighted by Gasteiger charge is 2.15. The smallest absolute Gasteiger partial charge is 0.103 e. The molecular formula is C26H26N6. The number of fused-ring (bicyclic) bond motifs is 1. The zero-order chi connectivity index (χ0) is 21.9. The normalized spacial score (nSPS) is 14.4. The fourth-order valence-electron chi connectivity index (χ4n) is 4.37. The Bertz CT molecular complexity index is 1280. The minimum atomic E-state index is 0.529. The third kappa shape index (κ3) is 3.96. The number of benzene rings is 2. The topological polar surface area (TPSA) is 79.8 Å². The second-order valence-corrected chi connectivity index (χ2v) is 8.25. The van der Waals surface area contributed by atoms with E-state index in [1.165, 1.54) is 10.9 Å². The number of pyridine rings is 1. The van der Waals surface area contributed by atoms with E-state index in [2.05, 4.69) is 81.0 Å². The Hall–Kier alpha value is -3.66. The molecule has 1 aliphatic heterocycles. The molecule has 6 heteroatoms. The van der Waals surface area contributed by atoms with Crippen LogP contribution in [0.5, 0.6) is 0 Å². The van der Waals surface area contributed by atoms with E-state index in [1.807, 2.05) is 12.4 Å². The standard InChI is InChI=1S/C26H26N6/c1-18-22-8-9-30-25(22)7-6-24(18)31-26-21(14-27)15-29-16-23(26)20-4-2-19(3-5-20)17-32-12-10-28-11-13-32/h2-9,15-16,28,30H,10-13,17H2,1H3,(H,29,31). The van der Waals surface area contributed by atoms with Crippen molar-refractivity contribution in [2.45, 2.75) is 13.5 Å². The first kappa shape index (κ1) is 20.3. The number of hydrogen-bond acceptors (Lipinski definition) is 5. The lowest BCUT2D eigenvalue weighted by molar-refractivity contribution is 0.233. The van der Waals surface area contributed by atoms with Gasteiger partial charge in [0.05, 0.1) is 11.3 Å². The van der Waals surface area contributed by atoms with Crippen molar-refractivity contribution in [1.82, 2.24) is 20.2 Å². The molecule has 0 aliphatic carbocycles. The molecule has 0 radical (unpaired) electrons. The predicted molar refractivity (Wildman–Crippen MR) is 129 cm³/mol. The number of nitrogens with zero attached hydrogens (tertiary/aromatic N) is 3. The van der Waals surface area contributed by atoms with Gasteiger partial charge in [0.15, 0.2) is 0 Å². The van der Waals surface area contributed by atoms with Gasteiger partial charge in [-0.25, -0.2) is 0 Å². The van der Waals surface area contributed by atoms with Gasteiger partial charge in [0.1, 0.15) is 6.07 Å². The van der Waals surface area contributed by atoms with Crippen LogP contribution in [-0.2, 0) is 6.54 Å². The summed E-state index contributed by atoms with van der Waals surface area (Å²) in [5.74, 6) is 0. The number of hydrogen-bond donors (Lipinski definition) is 3. The molecule has 0 amide bonds. The van der Waals surface area contributed by atoms with Crippen molar-refractivity contribution in [2.75, 3.05) is 31.5 Å². The van der Waals surface area contributed by atoms with Crippen molar-refractivity contribution in [3.8, 4) is 17.2 Å². The molecule has 2 aromatic carbocycles. The summed E-state index contributed by atoms with van der Waals surface area (Å²) in [6.45, 7) is 7.31. The third-order valence-corrected chi connectivity index (χ3v) is 6.21. The number of anilines is 2. The minimum Gasteiger partial charge on any atom is -0.361 e. The molecular weight excluding hydrogens is 396 g/mol. The molecule has 1 aliphatic rings. The molecule has 6 nitrogen and oxygen atoms in total. The van der Waals surface area contributed by atoms with Crippen molar-refractivity contribution < 1.29 is 0 Å². The monoisotopic (exact) mass is 422 g/mol. The summed E-state index contributed by atoms with van der Waals surface area (Å²) in [5, 5.41) is 17.9. The molecule has 0 spiro atoms. The molecule has 2 aromatic heterocycles. The lowest BCUT2D eigenvalue weighted by Gasteiger charge is -2.27. The highest BCUT2D eigenvalue weighted by atomic mass is 15.2. The molecule has 1 saturated heterocycles. The summed E-state index contributed by atoms with van der Waals surface area (Å²) in [4.78, 5) is 10.0. The Balaban J connectivity index is 1.46. The van der Waals surface area contributed by atoms with Crippen molar-refractivity contribution in [1.29, 1.82) is 5.26 Å². The Morgan fingerprint density at radius 1 is 1.06 bits per heavy atom.